The average molecular weight is 488 g/mol. The summed E-state index contributed by atoms with van der Waals surface area (Å²) in [6.45, 7) is 12.8. The van der Waals surface area contributed by atoms with E-state index in [0.717, 1.165) is 56.6 Å². The van der Waals surface area contributed by atoms with Crippen LogP contribution in [0.1, 0.15) is 65.7 Å². The van der Waals surface area contributed by atoms with Crippen LogP contribution in [-0.2, 0) is 14.2 Å². The predicted molar refractivity (Wildman–Crippen MR) is 148 cm³/mol. The van der Waals surface area contributed by atoms with Crippen molar-refractivity contribution in [2.45, 2.75) is 71.8 Å². The summed E-state index contributed by atoms with van der Waals surface area (Å²) in [6.07, 6.45) is 22.4. The summed E-state index contributed by atoms with van der Waals surface area (Å²) in [5, 5.41) is 11.1. The van der Waals surface area contributed by atoms with E-state index in [9.17, 15) is 5.11 Å². The highest BCUT2D eigenvalue weighted by molar-refractivity contribution is 5.35. The van der Waals surface area contributed by atoms with Crippen LogP contribution in [0.4, 0.5) is 0 Å². The van der Waals surface area contributed by atoms with Gasteiger partial charge in [0, 0.05) is 12.0 Å². The Morgan fingerprint density at radius 2 is 1.83 bits per heavy atom. The Morgan fingerprint density at radius 1 is 1.20 bits per heavy atom. The van der Waals surface area contributed by atoms with Crippen molar-refractivity contribution in [1.82, 2.24) is 4.90 Å². The number of nitrogens with zero attached hydrogens (tertiary/aromatic N) is 1. The van der Waals surface area contributed by atoms with Gasteiger partial charge in [-0.05, 0) is 89.6 Å². The van der Waals surface area contributed by atoms with Gasteiger partial charge >= 0.3 is 0 Å². The van der Waals surface area contributed by atoms with Gasteiger partial charge in [0.1, 0.15) is 0 Å². The van der Waals surface area contributed by atoms with E-state index < -0.39 is 6.10 Å². The molecule has 1 aliphatic heterocycles. The zero-order valence-corrected chi connectivity index (χ0v) is 23.0. The van der Waals surface area contributed by atoms with Gasteiger partial charge < -0.3 is 24.2 Å². The molecule has 0 aromatic carbocycles. The normalized spacial score (nSPS) is 17.9. The van der Waals surface area contributed by atoms with Crippen molar-refractivity contribution in [1.29, 1.82) is 0 Å². The van der Waals surface area contributed by atoms with Gasteiger partial charge in [-0.25, -0.2) is 0 Å². The summed E-state index contributed by atoms with van der Waals surface area (Å²) >= 11 is 0. The highest BCUT2D eigenvalue weighted by Crippen LogP contribution is 2.32. The minimum absolute atomic E-state index is 0.269. The first-order valence-corrected chi connectivity index (χ1v) is 12.7. The maximum absolute atomic E-state index is 11.1. The van der Waals surface area contributed by atoms with Crippen LogP contribution in [0.2, 0.25) is 0 Å². The molecule has 2 aliphatic rings. The third kappa shape index (κ3) is 11.2. The number of terminal acetylenes is 1. The third-order valence-electron chi connectivity index (χ3n) is 6.42. The third-order valence-corrected chi connectivity index (χ3v) is 6.42. The minimum atomic E-state index is -0.488. The smallest absolute Gasteiger partial charge is 0.162 e. The monoisotopic (exact) mass is 487 g/mol. The summed E-state index contributed by atoms with van der Waals surface area (Å²) in [4.78, 5) is 2.54. The molecule has 1 atom stereocenters. The molecule has 1 heterocycles. The molecular weight excluding hydrogens is 438 g/mol. The first kappa shape index (κ1) is 32.6. The fourth-order valence-corrected chi connectivity index (χ4v) is 4.59. The van der Waals surface area contributed by atoms with E-state index in [1.165, 1.54) is 18.4 Å². The van der Waals surface area contributed by atoms with Gasteiger partial charge in [-0.15, -0.1) is 19.4 Å². The maximum Gasteiger partial charge on any atom is 0.162 e. The van der Waals surface area contributed by atoms with Crippen molar-refractivity contribution in [3.05, 3.63) is 59.3 Å². The van der Waals surface area contributed by atoms with Crippen LogP contribution in [0.25, 0.3) is 0 Å². The SMILES string of the molecule is C#C.C=CC.CC/C(OC)=C(\C)CCCCN1CCC(C(O)C2=C(OC)C(OC)=CC=CC2)CC1. The molecule has 0 aromatic rings. The number of unbranched alkanes of at least 4 members (excludes halogenated alkanes) is 1. The summed E-state index contributed by atoms with van der Waals surface area (Å²) in [5.41, 5.74) is 2.32. The number of methoxy groups -OCH3 is 3. The number of likely N-dealkylation sites (tertiary alicyclic amines) is 1. The molecule has 1 aliphatic carbocycles. The Hall–Kier alpha value is -2.42. The Kier molecular flexibility index (Phi) is 18.5. The Morgan fingerprint density at radius 3 is 2.34 bits per heavy atom. The number of ether oxygens (including phenoxy) is 3. The Labute approximate surface area is 215 Å². The van der Waals surface area contributed by atoms with Gasteiger partial charge in [-0.1, -0.05) is 25.2 Å². The van der Waals surface area contributed by atoms with Crippen molar-refractivity contribution in [3.8, 4) is 12.8 Å². The van der Waals surface area contributed by atoms with Crippen molar-refractivity contribution < 1.29 is 19.3 Å². The van der Waals surface area contributed by atoms with Crippen molar-refractivity contribution in [3.63, 3.8) is 0 Å². The molecule has 0 aromatic heterocycles. The van der Waals surface area contributed by atoms with E-state index in [4.69, 9.17) is 14.2 Å². The lowest BCUT2D eigenvalue weighted by Gasteiger charge is -2.35. The fourth-order valence-electron chi connectivity index (χ4n) is 4.59. The molecule has 1 N–H and O–H groups in total. The molecule has 0 radical (unpaired) electrons. The molecule has 5 nitrogen and oxygen atoms in total. The molecule has 5 heteroatoms. The minimum Gasteiger partial charge on any atom is -0.501 e. The van der Waals surface area contributed by atoms with E-state index in [0.29, 0.717) is 17.9 Å². The molecule has 35 heavy (non-hydrogen) atoms. The van der Waals surface area contributed by atoms with Crippen LogP contribution in [0, 0.1) is 18.8 Å². The highest BCUT2D eigenvalue weighted by atomic mass is 16.5. The van der Waals surface area contributed by atoms with Crippen LogP contribution < -0.4 is 0 Å². The van der Waals surface area contributed by atoms with Gasteiger partial charge in [0.15, 0.2) is 11.5 Å². The molecule has 0 spiro atoms. The first-order valence-electron chi connectivity index (χ1n) is 12.7. The number of hydrogen-bond donors (Lipinski definition) is 1. The van der Waals surface area contributed by atoms with E-state index in [1.54, 1.807) is 27.4 Å². The summed E-state index contributed by atoms with van der Waals surface area (Å²) in [5.74, 6) is 2.77. The van der Waals surface area contributed by atoms with E-state index in [2.05, 4.69) is 44.2 Å². The average Bonchev–Trinajstić information content (AvgIpc) is 3.11. The van der Waals surface area contributed by atoms with Crippen LogP contribution in [0.5, 0.6) is 0 Å². The zero-order chi connectivity index (χ0) is 26.6. The first-order chi connectivity index (χ1) is 17.0. The molecule has 1 saturated heterocycles. The highest BCUT2D eigenvalue weighted by Gasteiger charge is 2.30. The number of allylic oxidation sites excluding steroid dienone is 6. The van der Waals surface area contributed by atoms with Crippen LogP contribution >= 0.6 is 0 Å². The second kappa shape index (κ2) is 19.8. The molecule has 2 rings (SSSR count). The molecule has 0 bridgehead atoms. The lowest BCUT2D eigenvalue weighted by molar-refractivity contribution is 0.0755. The molecular formula is C30H49NO4. The Bertz CT molecular complexity index is 731. The van der Waals surface area contributed by atoms with E-state index in [-0.39, 0.29) is 5.92 Å². The molecule has 1 unspecified atom stereocenters. The van der Waals surface area contributed by atoms with Crippen molar-refractivity contribution >= 4 is 0 Å². The van der Waals surface area contributed by atoms with Crippen LogP contribution in [0.3, 0.4) is 0 Å². The molecule has 0 saturated carbocycles. The lowest BCUT2D eigenvalue weighted by atomic mass is 9.85. The quantitative estimate of drug-likeness (QED) is 0.158. The summed E-state index contributed by atoms with van der Waals surface area (Å²) in [7, 11) is 5.06. The second-order valence-corrected chi connectivity index (χ2v) is 8.68. The summed E-state index contributed by atoms with van der Waals surface area (Å²) < 4.78 is 16.5. The standard InChI is InChI=1S/C25H41NO4.C3H6.C2H2/c1-6-22(28-3)19(2)11-9-10-16-26-17-14-20(15-18-26)24(27)21-12-7-8-13-23(29-4)25(21)30-5;1-3-2;1-2/h7-8,13,20,24,27H,6,9-12,14-18H2,1-5H3;3H,1H2,2H3;1-2H/b22-19-;;. The van der Waals surface area contributed by atoms with Gasteiger partial charge in [-0.3, -0.25) is 0 Å². The van der Waals surface area contributed by atoms with Crippen molar-refractivity contribution in [2.75, 3.05) is 41.0 Å². The number of hydrogen-bond acceptors (Lipinski definition) is 5. The largest absolute Gasteiger partial charge is 0.501 e. The van der Waals surface area contributed by atoms with Crippen molar-refractivity contribution in [2.24, 2.45) is 5.92 Å². The number of aliphatic hydroxyl groups excluding tert-OH is 1. The van der Waals surface area contributed by atoms with Gasteiger partial charge in [0.05, 0.1) is 33.2 Å². The van der Waals surface area contributed by atoms with Crippen LogP contribution in [-0.4, -0.2) is 57.1 Å². The van der Waals surface area contributed by atoms with Gasteiger partial charge in [0.2, 0.25) is 0 Å². The lowest BCUT2D eigenvalue weighted by Crippen LogP contribution is -2.39. The summed E-state index contributed by atoms with van der Waals surface area (Å²) in [6, 6.07) is 0. The second-order valence-electron chi connectivity index (χ2n) is 8.68. The zero-order valence-electron chi connectivity index (χ0n) is 23.0. The topological polar surface area (TPSA) is 51.2 Å². The number of piperidine rings is 1. The fraction of sp³-hybridized carbons (Fsp3) is 0.600. The molecule has 1 fully saturated rings. The van der Waals surface area contributed by atoms with Crippen LogP contribution in [0.15, 0.2) is 59.3 Å². The predicted octanol–water partition coefficient (Wildman–Crippen LogP) is 6.39. The number of aliphatic hydroxyl groups is 1. The number of rotatable bonds is 11. The molecule has 198 valence electrons. The van der Waals surface area contributed by atoms with Gasteiger partial charge in [0.25, 0.3) is 0 Å². The van der Waals surface area contributed by atoms with E-state index in [1.807, 2.05) is 19.1 Å². The Balaban J connectivity index is 0.00000214. The molecule has 0 amide bonds. The maximum atomic E-state index is 11.1. The van der Waals surface area contributed by atoms with Gasteiger partial charge in [-0.2, -0.15) is 0 Å². The van der Waals surface area contributed by atoms with E-state index >= 15 is 0 Å².